The Kier molecular flexibility index (Phi) is 6.49. The van der Waals surface area contributed by atoms with Gasteiger partial charge in [0, 0.05) is 12.3 Å². The van der Waals surface area contributed by atoms with Gasteiger partial charge in [0.05, 0.1) is 17.7 Å². The maximum Gasteiger partial charge on any atom is 0.262 e. The third kappa shape index (κ3) is 4.19. The first-order valence-corrected chi connectivity index (χ1v) is 10.1. The number of carbonyl (C=O) groups is 5. The highest BCUT2D eigenvalue weighted by Crippen LogP contribution is 2.30. The van der Waals surface area contributed by atoms with Gasteiger partial charge in [-0.15, -0.1) is 0 Å². The molecule has 2 heterocycles. The second-order valence-corrected chi connectivity index (χ2v) is 7.31. The zero-order valence-corrected chi connectivity index (χ0v) is 17.0. The van der Waals surface area contributed by atoms with E-state index in [0.717, 1.165) is 17.7 Å². The lowest BCUT2D eigenvalue weighted by Crippen LogP contribution is -2.54. The summed E-state index contributed by atoms with van der Waals surface area (Å²) in [5.74, 6) is -1.86. The molecule has 9 heteroatoms. The molecule has 0 radical (unpaired) electrons. The predicted molar refractivity (Wildman–Crippen MR) is 106 cm³/mol. The topological polar surface area (TPSA) is 122 Å². The molecule has 1 aromatic rings. The third-order valence-corrected chi connectivity index (χ3v) is 5.44. The molecule has 1 saturated heterocycles. The number of hydrogen-bond acceptors (Lipinski definition) is 6. The van der Waals surface area contributed by atoms with Gasteiger partial charge in [-0.05, 0) is 37.5 Å². The highest BCUT2D eigenvalue weighted by Gasteiger charge is 2.44. The Bertz CT molecular complexity index is 893. The zero-order valence-electron chi connectivity index (χ0n) is 17.0. The van der Waals surface area contributed by atoms with Gasteiger partial charge in [0.15, 0.2) is 0 Å². The molecule has 1 fully saturated rings. The predicted octanol–water partition coefficient (Wildman–Crippen LogP) is 1.02. The summed E-state index contributed by atoms with van der Waals surface area (Å²) in [6.07, 6.45) is 1.72. The highest BCUT2D eigenvalue weighted by atomic mass is 16.5. The van der Waals surface area contributed by atoms with Crippen LogP contribution < -0.4 is 15.4 Å². The van der Waals surface area contributed by atoms with Crippen molar-refractivity contribution in [1.29, 1.82) is 0 Å². The molecular weight excluding hydrogens is 390 g/mol. The fraction of sp³-hybridized carbons (Fsp3) is 0.476. The van der Waals surface area contributed by atoms with Gasteiger partial charge in [0.2, 0.25) is 17.7 Å². The molecule has 0 bridgehead atoms. The Morgan fingerprint density at radius 3 is 2.53 bits per heavy atom. The minimum absolute atomic E-state index is 0.0155. The second-order valence-electron chi connectivity index (χ2n) is 7.31. The van der Waals surface area contributed by atoms with Gasteiger partial charge < -0.3 is 10.1 Å². The summed E-state index contributed by atoms with van der Waals surface area (Å²) >= 11 is 0. The van der Waals surface area contributed by atoms with Crippen molar-refractivity contribution < 1.29 is 28.7 Å². The molecule has 0 spiro atoms. The summed E-state index contributed by atoms with van der Waals surface area (Å²) in [5.41, 5.74) is 0.349. The number of nitrogens with one attached hydrogen (secondary N) is 2. The van der Waals surface area contributed by atoms with Crippen molar-refractivity contribution in [3.05, 3.63) is 29.3 Å². The van der Waals surface area contributed by atoms with E-state index in [4.69, 9.17) is 4.74 Å². The number of piperidine rings is 1. The smallest absolute Gasteiger partial charge is 0.262 e. The van der Waals surface area contributed by atoms with Crippen LogP contribution in [0.4, 0.5) is 0 Å². The quantitative estimate of drug-likeness (QED) is 0.483. The van der Waals surface area contributed by atoms with Crippen molar-refractivity contribution in [3.8, 4) is 5.75 Å². The van der Waals surface area contributed by atoms with Gasteiger partial charge in [0.25, 0.3) is 11.8 Å². The van der Waals surface area contributed by atoms with E-state index in [1.54, 1.807) is 6.07 Å². The maximum absolute atomic E-state index is 12.8. The highest BCUT2D eigenvalue weighted by molar-refractivity contribution is 6.23. The molecule has 30 heavy (non-hydrogen) atoms. The lowest BCUT2D eigenvalue weighted by atomic mass is 10.0. The van der Waals surface area contributed by atoms with E-state index < -0.39 is 29.7 Å². The lowest BCUT2D eigenvalue weighted by Gasteiger charge is -2.27. The molecule has 1 aromatic carbocycles. The molecule has 3 rings (SSSR count). The molecule has 2 N–H and O–H groups in total. The van der Waals surface area contributed by atoms with Crippen LogP contribution in [-0.4, -0.2) is 53.6 Å². The van der Waals surface area contributed by atoms with Crippen LogP contribution in [-0.2, 0) is 14.4 Å². The van der Waals surface area contributed by atoms with Crippen LogP contribution in [0.1, 0.15) is 60.2 Å². The van der Waals surface area contributed by atoms with Crippen LogP contribution in [0.5, 0.6) is 5.75 Å². The van der Waals surface area contributed by atoms with Crippen LogP contribution in [0.2, 0.25) is 0 Å². The lowest BCUT2D eigenvalue weighted by molar-refractivity contribution is -0.136. The van der Waals surface area contributed by atoms with Crippen LogP contribution in [0.3, 0.4) is 0 Å². The first-order chi connectivity index (χ1) is 14.4. The van der Waals surface area contributed by atoms with Crippen molar-refractivity contribution >= 4 is 29.5 Å². The van der Waals surface area contributed by atoms with E-state index >= 15 is 0 Å². The van der Waals surface area contributed by atoms with Crippen molar-refractivity contribution in [3.63, 3.8) is 0 Å². The summed E-state index contributed by atoms with van der Waals surface area (Å²) in [7, 11) is 0. The zero-order chi connectivity index (χ0) is 21.8. The molecule has 160 valence electrons. The number of nitrogens with zero attached hydrogens (tertiary/aromatic N) is 1. The van der Waals surface area contributed by atoms with E-state index in [2.05, 4.69) is 10.6 Å². The summed E-state index contributed by atoms with van der Waals surface area (Å²) in [6.45, 7) is 4.46. The van der Waals surface area contributed by atoms with Crippen molar-refractivity contribution in [2.75, 3.05) is 13.2 Å². The van der Waals surface area contributed by atoms with E-state index in [9.17, 15) is 24.0 Å². The minimum atomic E-state index is -1.00. The van der Waals surface area contributed by atoms with Crippen LogP contribution in [0.25, 0.3) is 0 Å². The minimum Gasteiger partial charge on any atom is -0.492 e. The summed E-state index contributed by atoms with van der Waals surface area (Å²) < 4.78 is 5.61. The SMILES string of the molecule is CCC(CC)C(=O)NCCOc1ccc2c(c1)C(=O)N(C1CCC(=O)NC1=O)C2=O. The fourth-order valence-electron chi connectivity index (χ4n) is 3.69. The Hall–Kier alpha value is -3.23. The van der Waals surface area contributed by atoms with Crippen LogP contribution in [0, 0.1) is 5.92 Å². The van der Waals surface area contributed by atoms with Gasteiger partial charge in [-0.3, -0.25) is 34.2 Å². The molecule has 0 aromatic heterocycles. The Morgan fingerprint density at radius 2 is 1.87 bits per heavy atom. The maximum atomic E-state index is 12.8. The number of rotatable bonds is 8. The van der Waals surface area contributed by atoms with Crippen LogP contribution >= 0.6 is 0 Å². The molecule has 9 nitrogen and oxygen atoms in total. The largest absolute Gasteiger partial charge is 0.492 e. The van der Waals surface area contributed by atoms with Gasteiger partial charge >= 0.3 is 0 Å². The summed E-state index contributed by atoms with van der Waals surface area (Å²) in [4.78, 5) is 61.7. The van der Waals surface area contributed by atoms with E-state index in [1.807, 2.05) is 13.8 Å². The molecule has 2 aliphatic heterocycles. The first-order valence-electron chi connectivity index (χ1n) is 10.1. The number of benzene rings is 1. The number of hydrogen-bond donors (Lipinski definition) is 2. The molecule has 5 amide bonds. The van der Waals surface area contributed by atoms with Crippen molar-refractivity contribution in [2.45, 2.75) is 45.6 Å². The first kappa shape index (κ1) is 21.5. The molecule has 1 unspecified atom stereocenters. The normalized spacial score (nSPS) is 18.5. The number of ether oxygens (including phenoxy) is 1. The average molecular weight is 415 g/mol. The molecule has 0 saturated carbocycles. The fourth-order valence-corrected chi connectivity index (χ4v) is 3.69. The molecule has 0 aliphatic carbocycles. The second kappa shape index (κ2) is 9.06. The number of imide groups is 2. The standard InChI is InChI=1S/C21H25N3O6/c1-3-12(4-2)18(26)22-9-10-30-13-5-6-14-15(11-13)21(29)24(20(14)28)16-7-8-17(25)23-19(16)27/h5-6,11-12,16H,3-4,7-10H2,1-2H3,(H,22,26)(H,23,25,27). The van der Waals surface area contributed by atoms with Crippen molar-refractivity contribution in [2.24, 2.45) is 5.92 Å². The molecule has 1 atom stereocenters. The third-order valence-electron chi connectivity index (χ3n) is 5.44. The van der Waals surface area contributed by atoms with Gasteiger partial charge in [-0.1, -0.05) is 13.8 Å². The Morgan fingerprint density at radius 1 is 1.17 bits per heavy atom. The Labute approximate surface area is 174 Å². The van der Waals surface area contributed by atoms with Crippen molar-refractivity contribution in [1.82, 2.24) is 15.5 Å². The van der Waals surface area contributed by atoms with E-state index in [0.29, 0.717) is 12.3 Å². The molecular formula is C21H25N3O6. The average Bonchev–Trinajstić information content (AvgIpc) is 2.96. The van der Waals surface area contributed by atoms with Gasteiger partial charge in [-0.2, -0.15) is 0 Å². The number of amides is 5. The van der Waals surface area contributed by atoms with Gasteiger partial charge in [0.1, 0.15) is 18.4 Å². The molecule has 2 aliphatic rings. The number of fused-ring (bicyclic) bond motifs is 1. The van der Waals surface area contributed by atoms with E-state index in [1.165, 1.54) is 12.1 Å². The summed E-state index contributed by atoms with van der Waals surface area (Å²) in [5, 5.41) is 4.98. The van der Waals surface area contributed by atoms with E-state index in [-0.39, 0.29) is 42.4 Å². The van der Waals surface area contributed by atoms with Crippen LogP contribution in [0.15, 0.2) is 18.2 Å². The summed E-state index contributed by atoms with van der Waals surface area (Å²) in [6, 6.07) is 3.52. The Balaban J connectivity index is 1.62. The monoisotopic (exact) mass is 415 g/mol. The van der Waals surface area contributed by atoms with Gasteiger partial charge in [-0.25, -0.2) is 0 Å². The number of carbonyl (C=O) groups excluding carboxylic acids is 5.